The van der Waals surface area contributed by atoms with Crippen molar-refractivity contribution in [1.29, 1.82) is 0 Å². The number of ether oxygens (including phenoxy) is 2. The first-order valence-electron chi connectivity index (χ1n) is 8.87. The molecule has 150 valence electrons. The van der Waals surface area contributed by atoms with Crippen LogP contribution in [0.3, 0.4) is 0 Å². The van der Waals surface area contributed by atoms with E-state index in [4.69, 9.17) is 9.47 Å². The Kier molecular flexibility index (Phi) is 6.13. The highest BCUT2D eigenvalue weighted by Crippen LogP contribution is 2.33. The van der Waals surface area contributed by atoms with Gasteiger partial charge in [-0.05, 0) is 35.8 Å². The third kappa shape index (κ3) is 5.35. The molecule has 0 bridgehead atoms. The molecule has 0 fully saturated rings. The predicted octanol–water partition coefficient (Wildman–Crippen LogP) is 0.370. The fourth-order valence-corrected chi connectivity index (χ4v) is 2.80. The van der Waals surface area contributed by atoms with Crippen LogP contribution >= 0.6 is 0 Å². The SMILES string of the molecule is CC(=O)N/C(=C/c1ccc2c(c1)OCO2)C(=O)N[C@H](Cc1ccccc1)C(=O)[O-]. The van der Waals surface area contributed by atoms with E-state index in [9.17, 15) is 19.5 Å². The summed E-state index contributed by atoms with van der Waals surface area (Å²) in [4.78, 5) is 35.7. The number of carbonyl (C=O) groups is 3. The summed E-state index contributed by atoms with van der Waals surface area (Å²) in [5, 5.41) is 16.3. The fraction of sp³-hybridized carbons (Fsp3) is 0.190. The van der Waals surface area contributed by atoms with Gasteiger partial charge in [0.15, 0.2) is 11.5 Å². The van der Waals surface area contributed by atoms with E-state index in [1.54, 1.807) is 48.5 Å². The number of hydrogen-bond donors (Lipinski definition) is 2. The van der Waals surface area contributed by atoms with Crippen molar-refractivity contribution < 1.29 is 29.0 Å². The summed E-state index contributed by atoms with van der Waals surface area (Å²) in [5.74, 6) is -1.55. The zero-order valence-electron chi connectivity index (χ0n) is 15.6. The minimum absolute atomic E-state index is 0.0479. The van der Waals surface area contributed by atoms with Crippen molar-refractivity contribution in [3.05, 3.63) is 65.4 Å². The lowest BCUT2D eigenvalue weighted by Crippen LogP contribution is -2.50. The van der Waals surface area contributed by atoms with Gasteiger partial charge < -0.3 is 30.0 Å². The van der Waals surface area contributed by atoms with Gasteiger partial charge in [0.1, 0.15) is 5.70 Å². The van der Waals surface area contributed by atoms with Gasteiger partial charge in [0.25, 0.3) is 5.91 Å². The van der Waals surface area contributed by atoms with E-state index in [1.165, 1.54) is 13.0 Å². The summed E-state index contributed by atoms with van der Waals surface area (Å²) in [7, 11) is 0. The Balaban J connectivity index is 1.80. The Bertz CT molecular complexity index is 955. The van der Waals surface area contributed by atoms with Crippen LogP contribution in [0.2, 0.25) is 0 Å². The number of carbonyl (C=O) groups excluding carboxylic acids is 3. The molecule has 1 aliphatic heterocycles. The van der Waals surface area contributed by atoms with Crippen LogP contribution in [0.5, 0.6) is 11.5 Å². The van der Waals surface area contributed by atoms with Gasteiger partial charge in [-0.1, -0.05) is 36.4 Å². The number of hydrogen-bond acceptors (Lipinski definition) is 6. The van der Waals surface area contributed by atoms with E-state index < -0.39 is 23.8 Å². The minimum atomic E-state index is -1.42. The van der Waals surface area contributed by atoms with Crippen molar-refractivity contribution >= 4 is 23.9 Å². The molecule has 2 aromatic carbocycles. The molecule has 0 spiro atoms. The summed E-state index contributed by atoms with van der Waals surface area (Å²) >= 11 is 0. The number of carboxylic acid groups (broad SMARTS) is 1. The van der Waals surface area contributed by atoms with Crippen LogP contribution in [-0.4, -0.2) is 30.6 Å². The van der Waals surface area contributed by atoms with Crippen LogP contribution < -0.4 is 25.2 Å². The highest BCUT2D eigenvalue weighted by atomic mass is 16.7. The highest BCUT2D eigenvalue weighted by Gasteiger charge is 2.19. The number of aliphatic carboxylic acids is 1. The Hall–Kier alpha value is -3.81. The number of benzene rings is 2. The Labute approximate surface area is 167 Å². The zero-order chi connectivity index (χ0) is 20.8. The van der Waals surface area contributed by atoms with Crippen LogP contribution in [-0.2, 0) is 20.8 Å². The maximum absolute atomic E-state index is 12.7. The molecule has 0 saturated heterocycles. The average Bonchev–Trinajstić information content (AvgIpc) is 3.15. The first-order valence-corrected chi connectivity index (χ1v) is 8.87. The number of rotatable bonds is 7. The number of amides is 2. The lowest BCUT2D eigenvalue weighted by Gasteiger charge is -2.21. The molecule has 1 atom stereocenters. The lowest BCUT2D eigenvalue weighted by atomic mass is 10.1. The van der Waals surface area contributed by atoms with E-state index in [0.717, 1.165) is 5.56 Å². The van der Waals surface area contributed by atoms with E-state index in [2.05, 4.69) is 10.6 Å². The second-order valence-corrected chi connectivity index (χ2v) is 6.39. The van der Waals surface area contributed by atoms with Gasteiger partial charge in [-0.2, -0.15) is 0 Å². The van der Waals surface area contributed by atoms with Gasteiger partial charge in [0, 0.05) is 6.92 Å². The van der Waals surface area contributed by atoms with Gasteiger partial charge in [0.05, 0.1) is 12.0 Å². The predicted molar refractivity (Wildman–Crippen MR) is 101 cm³/mol. The summed E-state index contributed by atoms with van der Waals surface area (Å²) in [6.45, 7) is 1.36. The molecule has 0 saturated carbocycles. The first-order chi connectivity index (χ1) is 13.9. The van der Waals surface area contributed by atoms with Crippen LogP contribution in [0.4, 0.5) is 0 Å². The third-order valence-corrected chi connectivity index (χ3v) is 4.14. The Morgan fingerprint density at radius 3 is 2.52 bits per heavy atom. The molecule has 2 amide bonds. The van der Waals surface area contributed by atoms with Gasteiger partial charge in [0.2, 0.25) is 12.7 Å². The van der Waals surface area contributed by atoms with Gasteiger partial charge in [-0.3, -0.25) is 9.59 Å². The van der Waals surface area contributed by atoms with Crippen LogP contribution in [0.15, 0.2) is 54.2 Å². The largest absolute Gasteiger partial charge is 0.548 e. The average molecular weight is 395 g/mol. The summed E-state index contributed by atoms with van der Waals surface area (Å²) in [6, 6.07) is 12.6. The molecule has 8 nitrogen and oxygen atoms in total. The Morgan fingerprint density at radius 1 is 1.10 bits per heavy atom. The number of nitrogens with one attached hydrogen (secondary N) is 2. The normalized spacial score (nSPS) is 13.5. The van der Waals surface area contributed by atoms with Gasteiger partial charge in [-0.15, -0.1) is 0 Å². The van der Waals surface area contributed by atoms with Crippen LogP contribution in [0.25, 0.3) is 6.08 Å². The Morgan fingerprint density at radius 2 is 1.83 bits per heavy atom. The van der Waals surface area contributed by atoms with Crippen molar-refractivity contribution in [3.63, 3.8) is 0 Å². The molecule has 1 heterocycles. The molecule has 0 radical (unpaired) electrons. The number of fused-ring (bicyclic) bond motifs is 1. The van der Waals surface area contributed by atoms with Crippen molar-refractivity contribution in [3.8, 4) is 11.5 Å². The number of carboxylic acids is 1. The van der Waals surface area contributed by atoms with Crippen molar-refractivity contribution in [2.75, 3.05) is 6.79 Å². The molecule has 0 aromatic heterocycles. The minimum Gasteiger partial charge on any atom is -0.548 e. The van der Waals surface area contributed by atoms with E-state index in [0.29, 0.717) is 17.1 Å². The van der Waals surface area contributed by atoms with Crippen molar-refractivity contribution in [2.45, 2.75) is 19.4 Å². The molecule has 3 rings (SSSR count). The summed E-state index contributed by atoms with van der Waals surface area (Å²) < 4.78 is 10.5. The summed E-state index contributed by atoms with van der Waals surface area (Å²) in [6.07, 6.45) is 1.47. The maximum Gasteiger partial charge on any atom is 0.268 e. The summed E-state index contributed by atoms with van der Waals surface area (Å²) in [5.41, 5.74) is 1.19. The van der Waals surface area contributed by atoms with Crippen molar-refractivity contribution in [1.82, 2.24) is 10.6 Å². The monoisotopic (exact) mass is 395 g/mol. The van der Waals surface area contributed by atoms with Gasteiger partial charge in [-0.25, -0.2) is 0 Å². The van der Waals surface area contributed by atoms with E-state index >= 15 is 0 Å². The molecule has 29 heavy (non-hydrogen) atoms. The molecule has 8 heteroatoms. The lowest BCUT2D eigenvalue weighted by molar-refractivity contribution is -0.308. The molecular formula is C21H19N2O6-. The molecule has 0 unspecified atom stereocenters. The molecule has 2 aromatic rings. The molecule has 2 N–H and O–H groups in total. The third-order valence-electron chi connectivity index (χ3n) is 4.14. The molecule has 1 aliphatic rings. The second-order valence-electron chi connectivity index (χ2n) is 6.39. The highest BCUT2D eigenvalue weighted by molar-refractivity contribution is 6.02. The zero-order valence-corrected chi connectivity index (χ0v) is 15.6. The topological polar surface area (TPSA) is 117 Å². The quantitative estimate of drug-likeness (QED) is 0.655. The molecular weight excluding hydrogens is 376 g/mol. The smallest absolute Gasteiger partial charge is 0.268 e. The van der Waals surface area contributed by atoms with Crippen LogP contribution in [0, 0.1) is 0 Å². The van der Waals surface area contributed by atoms with Crippen molar-refractivity contribution in [2.24, 2.45) is 0 Å². The second kappa shape index (κ2) is 8.92. The first kappa shape index (κ1) is 19.9. The standard InChI is InChI=1S/C21H20N2O6/c1-13(24)22-16(10-15-7-8-18-19(11-15)29-12-28-18)20(25)23-17(21(26)27)9-14-5-3-2-4-6-14/h2-8,10-11,17H,9,12H2,1H3,(H,22,24)(H,23,25)(H,26,27)/p-1/b16-10+/t17-/m1/s1. The van der Waals surface area contributed by atoms with Crippen LogP contribution in [0.1, 0.15) is 18.1 Å². The van der Waals surface area contributed by atoms with E-state index in [-0.39, 0.29) is 18.9 Å². The molecule has 0 aliphatic carbocycles. The van der Waals surface area contributed by atoms with Gasteiger partial charge >= 0.3 is 0 Å². The fourth-order valence-electron chi connectivity index (χ4n) is 2.80. The maximum atomic E-state index is 12.7. The van der Waals surface area contributed by atoms with E-state index in [1.807, 2.05) is 0 Å².